The summed E-state index contributed by atoms with van der Waals surface area (Å²) in [6.07, 6.45) is 0.0707. The number of ether oxygens (including phenoxy) is 1. The summed E-state index contributed by atoms with van der Waals surface area (Å²) in [5.74, 6) is 0.200. The molecular weight excluding hydrogens is 294 g/mol. The molecule has 2 aromatic rings. The van der Waals surface area contributed by atoms with E-state index < -0.39 is 0 Å². The van der Waals surface area contributed by atoms with Gasteiger partial charge in [-0.15, -0.1) is 0 Å². The van der Waals surface area contributed by atoms with Crippen molar-refractivity contribution in [3.63, 3.8) is 0 Å². The van der Waals surface area contributed by atoms with Crippen LogP contribution in [-0.2, 0) is 4.74 Å². The first-order valence-corrected chi connectivity index (χ1v) is 8.08. The Morgan fingerprint density at radius 2 is 1.96 bits per heavy atom. The van der Waals surface area contributed by atoms with Crippen LogP contribution in [0.4, 0.5) is 0 Å². The molecule has 0 aromatic carbocycles. The van der Waals surface area contributed by atoms with E-state index in [1.54, 1.807) is 0 Å². The van der Waals surface area contributed by atoms with Crippen molar-refractivity contribution in [1.82, 2.24) is 15.0 Å². The minimum Gasteiger partial charge on any atom is -0.372 e. The van der Waals surface area contributed by atoms with Gasteiger partial charge in [0.15, 0.2) is 0 Å². The molecule has 1 saturated heterocycles. The van der Waals surface area contributed by atoms with Crippen molar-refractivity contribution in [2.45, 2.75) is 52.7 Å². The van der Waals surface area contributed by atoms with Gasteiger partial charge in [0.1, 0.15) is 0 Å². The Hall–Kier alpha value is -1.95. The normalized spacial score (nSPS) is 22.1. The molecule has 0 saturated carbocycles. The Bertz CT molecular complexity index is 728. The van der Waals surface area contributed by atoms with Gasteiger partial charge in [0, 0.05) is 18.8 Å². The van der Waals surface area contributed by atoms with Crippen LogP contribution < -0.4 is 0 Å². The Labute approximate surface area is 135 Å². The zero-order valence-electron chi connectivity index (χ0n) is 14.3. The zero-order valence-corrected chi connectivity index (χ0v) is 14.3. The van der Waals surface area contributed by atoms with Gasteiger partial charge in [-0.05, 0) is 32.8 Å². The van der Waals surface area contributed by atoms with Crippen LogP contribution in [0.1, 0.15) is 55.4 Å². The van der Waals surface area contributed by atoms with E-state index >= 15 is 0 Å². The second-order valence-electron chi connectivity index (χ2n) is 6.66. The van der Waals surface area contributed by atoms with Crippen molar-refractivity contribution in [1.29, 1.82) is 0 Å². The molecule has 0 aliphatic carbocycles. The number of hydrogen-bond acceptors (Lipinski definition) is 5. The van der Waals surface area contributed by atoms with Crippen LogP contribution in [0.5, 0.6) is 0 Å². The summed E-state index contributed by atoms with van der Waals surface area (Å²) >= 11 is 0. The van der Waals surface area contributed by atoms with E-state index in [4.69, 9.17) is 9.26 Å². The van der Waals surface area contributed by atoms with Crippen LogP contribution in [0, 0.1) is 6.92 Å². The third kappa shape index (κ3) is 2.95. The summed E-state index contributed by atoms with van der Waals surface area (Å²) in [4.78, 5) is 19.4. The summed E-state index contributed by atoms with van der Waals surface area (Å²) in [7, 11) is 0. The first kappa shape index (κ1) is 15.9. The molecule has 3 rings (SSSR count). The van der Waals surface area contributed by atoms with E-state index in [0.717, 1.165) is 5.69 Å². The fraction of sp³-hybridized carbons (Fsp3) is 0.588. The first-order chi connectivity index (χ1) is 10.9. The van der Waals surface area contributed by atoms with Crippen molar-refractivity contribution in [2.75, 3.05) is 13.1 Å². The Morgan fingerprint density at radius 1 is 1.30 bits per heavy atom. The number of pyridine rings is 1. The summed E-state index contributed by atoms with van der Waals surface area (Å²) in [5.41, 5.74) is 2.59. The van der Waals surface area contributed by atoms with Crippen LogP contribution >= 0.6 is 0 Å². The third-order valence-electron chi connectivity index (χ3n) is 4.17. The fourth-order valence-corrected chi connectivity index (χ4v) is 3.09. The lowest BCUT2D eigenvalue weighted by molar-refractivity contribution is -0.0585. The molecule has 6 nitrogen and oxygen atoms in total. The van der Waals surface area contributed by atoms with Crippen molar-refractivity contribution < 1.29 is 14.1 Å². The van der Waals surface area contributed by atoms with Crippen LogP contribution in [0.3, 0.4) is 0 Å². The molecule has 2 aromatic heterocycles. The maximum Gasteiger partial charge on any atom is 0.259 e. The van der Waals surface area contributed by atoms with Crippen LogP contribution in [0.2, 0.25) is 0 Å². The molecule has 1 amide bonds. The van der Waals surface area contributed by atoms with E-state index in [0.29, 0.717) is 35.4 Å². The maximum atomic E-state index is 13.1. The lowest BCUT2D eigenvalue weighted by atomic mass is 10.0. The van der Waals surface area contributed by atoms with Crippen LogP contribution in [-0.4, -0.2) is 46.2 Å². The van der Waals surface area contributed by atoms with E-state index in [1.807, 2.05) is 45.6 Å². The number of morpholine rings is 1. The third-order valence-corrected chi connectivity index (χ3v) is 4.17. The predicted octanol–water partition coefficient (Wildman–Crippen LogP) is 2.90. The zero-order chi connectivity index (χ0) is 16.7. The maximum absolute atomic E-state index is 13.1. The van der Waals surface area contributed by atoms with Gasteiger partial charge in [-0.25, -0.2) is 4.98 Å². The number of carbonyl (C=O) groups is 1. The number of aromatic nitrogens is 2. The summed E-state index contributed by atoms with van der Waals surface area (Å²) < 4.78 is 11.0. The second-order valence-corrected chi connectivity index (χ2v) is 6.66. The Balaban J connectivity index is 2.06. The van der Waals surface area contributed by atoms with Crippen molar-refractivity contribution in [3.05, 3.63) is 23.0 Å². The molecule has 0 radical (unpaired) electrons. The molecule has 23 heavy (non-hydrogen) atoms. The molecule has 0 bridgehead atoms. The van der Waals surface area contributed by atoms with Crippen molar-refractivity contribution in [3.8, 4) is 0 Å². The predicted molar refractivity (Wildman–Crippen MR) is 86.5 cm³/mol. The molecule has 3 heterocycles. The van der Waals surface area contributed by atoms with Crippen molar-refractivity contribution >= 4 is 17.0 Å². The average molecular weight is 317 g/mol. The first-order valence-electron chi connectivity index (χ1n) is 8.08. The number of carbonyl (C=O) groups excluding carboxylic acids is 1. The van der Waals surface area contributed by atoms with E-state index in [-0.39, 0.29) is 24.0 Å². The highest BCUT2D eigenvalue weighted by Gasteiger charge is 2.29. The van der Waals surface area contributed by atoms with Gasteiger partial charge in [-0.3, -0.25) is 4.79 Å². The molecule has 1 fully saturated rings. The summed E-state index contributed by atoms with van der Waals surface area (Å²) in [6, 6.07) is 1.88. The van der Waals surface area contributed by atoms with Crippen LogP contribution in [0.25, 0.3) is 11.1 Å². The largest absolute Gasteiger partial charge is 0.372 e. The highest BCUT2D eigenvalue weighted by Crippen LogP contribution is 2.27. The highest BCUT2D eigenvalue weighted by molar-refractivity contribution is 6.06. The van der Waals surface area contributed by atoms with E-state index in [9.17, 15) is 4.79 Å². The molecule has 1 aliphatic heterocycles. The van der Waals surface area contributed by atoms with Gasteiger partial charge in [0.05, 0.1) is 28.9 Å². The van der Waals surface area contributed by atoms with Gasteiger partial charge < -0.3 is 14.2 Å². The molecule has 2 unspecified atom stereocenters. The Morgan fingerprint density at radius 3 is 2.57 bits per heavy atom. The minimum atomic E-state index is -0.00685. The summed E-state index contributed by atoms with van der Waals surface area (Å²) in [5, 5.41) is 4.70. The van der Waals surface area contributed by atoms with Gasteiger partial charge >= 0.3 is 0 Å². The quantitative estimate of drug-likeness (QED) is 0.852. The second kappa shape index (κ2) is 5.92. The highest BCUT2D eigenvalue weighted by atomic mass is 16.5. The topological polar surface area (TPSA) is 68.5 Å². The lowest BCUT2D eigenvalue weighted by Crippen LogP contribution is -2.48. The molecular formula is C17H23N3O3. The van der Waals surface area contributed by atoms with Gasteiger partial charge in [0.2, 0.25) is 0 Å². The van der Waals surface area contributed by atoms with Crippen molar-refractivity contribution in [2.24, 2.45) is 0 Å². The number of hydrogen-bond donors (Lipinski definition) is 0. The number of fused-ring (bicyclic) bond motifs is 1. The molecule has 2 atom stereocenters. The van der Waals surface area contributed by atoms with E-state index in [2.05, 4.69) is 10.1 Å². The molecule has 0 N–H and O–H groups in total. The number of amides is 1. The number of nitrogens with zero attached hydrogens (tertiary/aromatic N) is 3. The SMILES string of the molecule is Cc1noc2nc(C(C)C)cc(C(=O)N3CC(C)OC(C)C3)c12. The number of aryl methyl sites for hydroxylation is 1. The van der Waals surface area contributed by atoms with Gasteiger partial charge in [-0.1, -0.05) is 19.0 Å². The molecule has 0 spiro atoms. The Kier molecular flexibility index (Phi) is 4.10. The van der Waals surface area contributed by atoms with E-state index in [1.165, 1.54) is 0 Å². The summed E-state index contributed by atoms with van der Waals surface area (Å²) in [6.45, 7) is 11.1. The molecule has 124 valence electrons. The van der Waals surface area contributed by atoms with Crippen LogP contribution in [0.15, 0.2) is 10.6 Å². The molecule has 6 heteroatoms. The fourth-order valence-electron chi connectivity index (χ4n) is 3.09. The number of rotatable bonds is 2. The monoisotopic (exact) mass is 317 g/mol. The lowest BCUT2D eigenvalue weighted by Gasteiger charge is -2.35. The minimum absolute atomic E-state index is 0.00685. The molecule has 1 aliphatic rings. The standard InChI is InChI=1S/C17H23N3O3/c1-9(2)14-6-13(15-12(5)19-23-16(15)18-14)17(21)20-7-10(3)22-11(4)8-20/h6,9-11H,7-8H2,1-5H3. The van der Waals surface area contributed by atoms with Gasteiger partial charge in [-0.2, -0.15) is 0 Å². The van der Waals surface area contributed by atoms with Gasteiger partial charge in [0.25, 0.3) is 11.6 Å². The smallest absolute Gasteiger partial charge is 0.259 e. The average Bonchev–Trinajstić information content (AvgIpc) is 2.86.